The first kappa shape index (κ1) is 13.7. The SMILES string of the molecule is COc1ccccc1C(N)CSC1CCOCC1. The van der Waals surface area contributed by atoms with Crippen molar-refractivity contribution in [3.05, 3.63) is 29.8 Å². The Morgan fingerprint density at radius 2 is 2.11 bits per heavy atom. The lowest BCUT2D eigenvalue weighted by Gasteiger charge is -2.23. The molecular weight excluding hydrogens is 246 g/mol. The molecule has 0 aromatic heterocycles. The van der Waals surface area contributed by atoms with Gasteiger partial charge in [0.1, 0.15) is 5.75 Å². The number of hydrogen-bond donors (Lipinski definition) is 1. The Bertz CT molecular complexity index is 367. The maximum atomic E-state index is 6.26. The van der Waals surface area contributed by atoms with Crippen molar-refractivity contribution >= 4 is 11.8 Å². The van der Waals surface area contributed by atoms with Crippen LogP contribution >= 0.6 is 11.8 Å². The average Bonchev–Trinajstić information content (AvgIpc) is 2.45. The van der Waals surface area contributed by atoms with Gasteiger partial charge in [0, 0.05) is 35.8 Å². The molecule has 2 rings (SSSR count). The third-order valence-corrected chi connectivity index (χ3v) is 4.71. The average molecular weight is 267 g/mol. The standard InChI is InChI=1S/C14H21NO2S/c1-16-14-5-3-2-4-12(14)13(15)10-18-11-6-8-17-9-7-11/h2-5,11,13H,6-10,15H2,1H3. The van der Waals surface area contributed by atoms with Gasteiger partial charge in [-0.3, -0.25) is 0 Å². The van der Waals surface area contributed by atoms with Gasteiger partial charge in [0.2, 0.25) is 0 Å². The van der Waals surface area contributed by atoms with Crippen LogP contribution in [-0.2, 0) is 4.74 Å². The third-order valence-electron chi connectivity index (χ3n) is 3.22. The van der Waals surface area contributed by atoms with Gasteiger partial charge in [0.15, 0.2) is 0 Å². The van der Waals surface area contributed by atoms with E-state index in [2.05, 4.69) is 0 Å². The zero-order chi connectivity index (χ0) is 12.8. The van der Waals surface area contributed by atoms with Crippen LogP contribution in [0.2, 0.25) is 0 Å². The summed E-state index contributed by atoms with van der Waals surface area (Å²) in [6.07, 6.45) is 2.28. The van der Waals surface area contributed by atoms with E-state index in [1.54, 1.807) is 7.11 Å². The fourth-order valence-corrected chi connectivity index (χ4v) is 3.33. The largest absolute Gasteiger partial charge is 0.496 e. The van der Waals surface area contributed by atoms with Crippen LogP contribution in [0.15, 0.2) is 24.3 Å². The van der Waals surface area contributed by atoms with Crippen LogP contribution in [0.1, 0.15) is 24.4 Å². The maximum absolute atomic E-state index is 6.26. The van der Waals surface area contributed by atoms with E-state index in [0.717, 1.165) is 43.1 Å². The molecule has 2 N–H and O–H groups in total. The normalized spacial score (nSPS) is 18.6. The molecule has 1 saturated heterocycles. The lowest BCUT2D eigenvalue weighted by Crippen LogP contribution is -2.21. The van der Waals surface area contributed by atoms with Gasteiger partial charge in [-0.1, -0.05) is 18.2 Å². The van der Waals surface area contributed by atoms with E-state index in [-0.39, 0.29) is 6.04 Å². The molecule has 4 heteroatoms. The molecule has 1 aliphatic heterocycles. The Labute approximate surface area is 113 Å². The number of para-hydroxylation sites is 1. The number of ether oxygens (including phenoxy) is 2. The second-order valence-electron chi connectivity index (χ2n) is 4.49. The molecule has 1 unspecified atom stereocenters. The van der Waals surface area contributed by atoms with E-state index in [4.69, 9.17) is 15.2 Å². The first-order valence-corrected chi connectivity index (χ1v) is 7.44. The minimum absolute atomic E-state index is 0.0361. The highest BCUT2D eigenvalue weighted by molar-refractivity contribution is 7.99. The van der Waals surface area contributed by atoms with Crippen molar-refractivity contribution in [3.8, 4) is 5.75 Å². The van der Waals surface area contributed by atoms with Crippen molar-refractivity contribution in [3.63, 3.8) is 0 Å². The fourth-order valence-electron chi connectivity index (χ4n) is 2.14. The second kappa shape index (κ2) is 7.02. The first-order valence-electron chi connectivity index (χ1n) is 6.39. The lowest BCUT2D eigenvalue weighted by molar-refractivity contribution is 0.1000. The summed E-state index contributed by atoms with van der Waals surface area (Å²) in [4.78, 5) is 0. The number of rotatable bonds is 5. The minimum Gasteiger partial charge on any atom is -0.496 e. The number of nitrogens with two attached hydrogens (primary N) is 1. The van der Waals surface area contributed by atoms with Gasteiger partial charge in [-0.25, -0.2) is 0 Å². The van der Waals surface area contributed by atoms with E-state index >= 15 is 0 Å². The van der Waals surface area contributed by atoms with Crippen LogP contribution in [0.4, 0.5) is 0 Å². The van der Waals surface area contributed by atoms with E-state index in [1.807, 2.05) is 36.0 Å². The maximum Gasteiger partial charge on any atom is 0.123 e. The van der Waals surface area contributed by atoms with Crippen LogP contribution in [0.5, 0.6) is 5.75 Å². The highest BCUT2D eigenvalue weighted by atomic mass is 32.2. The Morgan fingerprint density at radius 3 is 2.83 bits per heavy atom. The zero-order valence-electron chi connectivity index (χ0n) is 10.8. The number of benzene rings is 1. The van der Waals surface area contributed by atoms with Gasteiger partial charge >= 0.3 is 0 Å². The molecule has 1 atom stereocenters. The van der Waals surface area contributed by atoms with Crippen molar-refractivity contribution in [2.45, 2.75) is 24.1 Å². The van der Waals surface area contributed by atoms with Crippen LogP contribution in [0, 0.1) is 0 Å². The monoisotopic (exact) mass is 267 g/mol. The Kier molecular flexibility index (Phi) is 5.35. The van der Waals surface area contributed by atoms with Crippen molar-refractivity contribution in [1.29, 1.82) is 0 Å². The molecule has 3 nitrogen and oxygen atoms in total. The molecular formula is C14H21NO2S. The molecule has 0 aliphatic carbocycles. The lowest BCUT2D eigenvalue weighted by atomic mass is 10.1. The molecule has 18 heavy (non-hydrogen) atoms. The molecule has 1 heterocycles. The molecule has 1 aromatic rings. The molecule has 0 radical (unpaired) electrons. The first-order chi connectivity index (χ1) is 8.81. The van der Waals surface area contributed by atoms with Gasteiger partial charge in [-0.15, -0.1) is 0 Å². The van der Waals surface area contributed by atoms with Crippen molar-refractivity contribution in [1.82, 2.24) is 0 Å². The fraction of sp³-hybridized carbons (Fsp3) is 0.571. The summed E-state index contributed by atoms with van der Waals surface area (Å²) in [7, 11) is 1.69. The molecule has 0 saturated carbocycles. The van der Waals surface area contributed by atoms with E-state index < -0.39 is 0 Å². The summed E-state index contributed by atoms with van der Waals surface area (Å²) in [5.74, 6) is 1.82. The van der Waals surface area contributed by atoms with Gasteiger partial charge in [-0.05, 0) is 18.9 Å². The number of methoxy groups -OCH3 is 1. The van der Waals surface area contributed by atoms with Gasteiger partial charge in [0.05, 0.1) is 7.11 Å². The van der Waals surface area contributed by atoms with E-state index in [0.29, 0.717) is 5.25 Å². The van der Waals surface area contributed by atoms with Crippen molar-refractivity contribution < 1.29 is 9.47 Å². The summed E-state index contributed by atoms with van der Waals surface area (Å²) >= 11 is 1.96. The van der Waals surface area contributed by atoms with Gasteiger partial charge < -0.3 is 15.2 Å². The van der Waals surface area contributed by atoms with E-state index in [1.165, 1.54) is 0 Å². The molecule has 100 valence electrons. The molecule has 0 bridgehead atoms. The third kappa shape index (κ3) is 3.64. The molecule has 1 aliphatic rings. The topological polar surface area (TPSA) is 44.5 Å². The van der Waals surface area contributed by atoms with Gasteiger partial charge in [0.25, 0.3) is 0 Å². The summed E-state index contributed by atoms with van der Waals surface area (Å²) in [5, 5.41) is 0.694. The predicted octanol–water partition coefficient (Wildman–Crippen LogP) is 2.61. The predicted molar refractivity (Wildman–Crippen MR) is 76.2 cm³/mol. The summed E-state index contributed by atoms with van der Waals surface area (Å²) in [6.45, 7) is 1.78. The Balaban J connectivity index is 1.88. The summed E-state index contributed by atoms with van der Waals surface area (Å²) in [5.41, 5.74) is 7.35. The van der Waals surface area contributed by atoms with Gasteiger partial charge in [-0.2, -0.15) is 11.8 Å². The van der Waals surface area contributed by atoms with E-state index in [9.17, 15) is 0 Å². The van der Waals surface area contributed by atoms with Crippen LogP contribution in [-0.4, -0.2) is 31.3 Å². The highest BCUT2D eigenvalue weighted by Crippen LogP contribution is 2.29. The van der Waals surface area contributed by atoms with Crippen LogP contribution < -0.4 is 10.5 Å². The molecule has 0 spiro atoms. The minimum atomic E-state index is 0.0361. The smallest absolute Gasteiger partial charge is 0.123 e. The number of hydrogen-bond acceptors (Lipinski definition) is 4. The molecule has 1 aromatic carbocycles. The Morgan fingerprint density at radius 1 is 1.39 bits per heavy atom. The molecule has 0 amide bonds. The van der Waals surface area contributed by atoms with Crippen LogP contribution in [0.25, 0.3) is 0 Å². The summed E-state index contributed by atoms with van der Waals surface area (Å²) in [6, 6.07) is 8.04. The highest BCUT2D eigenvalue weighted by Gasteiger charge is 2.17. The van der Waals surface area contributed by atoms with Crippen LogP contribution in [0.3, 0.4) is 0 Å². The number of thioether (sulfide) groups is 1. The van der Waals surface area contributed by atoms with Crippen molar-refractivity contribution in [2.24, 2.45) is 5.73 Å². The zero-order valence-corrected chi connectivity index (χ0v) is 11.6. The van der Waals surface area contributed by atoms with Crippen molar-refractivity contribution in [2.75, 3.05) is 26.1 Å². The summed E-state index contributed by atoms with van der Waals surface area (Å²) < 4.78 is 10.7. The molecule has 1 fully saturated rings. The quantitative estimate of drug-likeness (QED) is 0.890. The Hall–Kier alpha value is -0.710. The second-order valence-corrected chi connectivity index (χ2v) is 5.83.